The molecule has 1 aromatic heterocycles. The quantitative estimate of drug-likeness (QED) is 0.709. The van der Waals surface area contributed by atoms with Crippen molar-refractivity contribution in [2.75, 3.05) is 13.1 Å². The van der Waals surface area contributed by atoms with E-state index in [0.29, 0.717) is 37.0 Å². The first-order valence-corrected chi connectivity index (χ1v) is 9.96. The molecule has 4 bridgehead atoms. The molecule has 1 saturated carbocycles. The van der Waals surface area contributed by atoms with Crippen molar-refractivity contribution in [1.82, 2.24) is 15.1 Å². The van der Waals surface area contributed by atoms with Crippen LogP contribution in [0.25, 0.3) is 11.3 Å². The molecule has 6 rings (SSSR count). The molecule has 4 aliphatic rings. The molecule has 0 N–H and O–H groups in total. The second kappa shape index (κ2) is 7.23. The second-order valence-electron chi connectivity index (χ2n) is 8.21. The Morgan fingerprint density at radius 1 is 1.03 bits per heavy atom. The lowest BCUT2D eigenvalue weighted by molar-refractivity contribution is -0.247. The van der Waals surface area contributed by atoms with Gasteiger partial charge < -0.3 is 9.47 Å². The molecule has 4 fully saturated rings. The molecule has 4 heterocycles. The lowest BCUT2D eigenvalue weighted by Gasteiger charge is -2.58. The maximum Gasteiger partial charge on any atom is 0.490 e. The number of esters is 1. The Balaban J connectivity index is 1.33. The van der Waals surface area contributed by atoms with Gasteiger partial charge in [-0.05, 0) is 24.8 Å². The lowest BCUT2D eigenvalue weighted by Crippen LogP contribution is -2.67. The molecule has 30 heavy (non-hydrogen) atoms. The Kier molecular flexibility index (Phi) is 4.65. The van der Waals surface area contributed by atoms with E-state index in [4.69, 9.17) is 9.47 Å². The molecule has 1 aromatic carbocycles. The van der Waals surface area contributed by atoms with Crippen LogP contribution in [0.1, 0.15) is 12.8 Å². The van der Waals surface area contributed by atoms with Crippen LogP contribution in [0.2, 0.25) is 0 Å². The number of rotatable bonds is 4. The monoisotopic (exact) mass is 419 g/mol. The minimum atomic E-state index is -5.01. The van der Waals surface area contributed by atoms with E-state index in [1.165, 1.54) is 0 Å². The number of ether oxygens (including phenoxy) is 2. The molecule has 2 aromatic rings. The summed E-state index contributed by atoms with van der Waals surface area (Å²) in [5, 5.41) is 8.37. The Bertz CT molecular complexity index is 923. The van der Waals surface area contributed by atoms with E-state index < -0.39 is 18.4 Å². The van der Waals surface area contributed by atoms with E-state index in [1.807, 2.05) is 35.2 Å². The number of alkyl halides is 3. The first kappa shape index (κ1) is 19.3. The van der Waals surface area contributed by atoms with Crippen molar-refractivity contribution in [3.8, 4) is 17.1 Å². The molecule has 6 nitrogen and oxygen atoms in total. The zero-order valence-corrected chi connectivity index (χ0v) is 16.0. The van der Waals surface area contributed by atoms with Gasteiger partial charge >= 0.3 is 12.1 Å². The summed E-state index contributed by atoms with van der Waals surface area (Å²) in [5.41, 5.74) is 1.63. The summed E-state index contributed by atoms with van der Waals surface area (Å²) < 4.78 is 49.2. The third kappa shape index (κ3) is 3.51. The van der Waals surface area contributed by atoms with Crippen LogP contribution in [0.4, 0.5) is 13.2 Å². The highest BCUT2D eigenvalue weighted by Gasteiger charge is 2.57. The van der Waals surface area contributed by atoms with Crippen LogP contribution >= 0.6 is 0 Å². The number of aromatic nitrogens is 2. The van der Waals surface area contributed by atoms with Crippen LogP contribution in [0.5, 0.6) is 5.88 Å². The Labute approximate surface area is 171 Å². The first-order chi connectivity index (χ1) is 14.4. The zero-order valence-electron chi connectivity index (χ0n) is 16.0. The minimum absolute atomic E-state index is 0.166. The van der Waals surface area contributed by atoms with Gasteiger partial charge in [0.1, 0.15) is 6.10 Å². The summed E-state index contributed by atoms with van der Waals surface area (Å²) in [6.45, 7) is 1.20. The maximum atomic E-state index is 12.7. The van der Waals surface area contributed by atoms with Crippen molar-refractivity contribution in [3.05, 3.63) is 42.5 Å². The number of carbonyl (C=O) groups excluding carboxylic acids is 1. The van der Waals surface area contributed by atoms with E-state index >= 15 is 0 Å². The topological polar surface area (TPSA) is 64.5 Å². The predicted octanol–water partition coefficient (Wildman–Crippen LogP) is 3.29. The van der Waals surface area contributed by atoms with Gasteiger partial charge in [-0.2, -0.15) is 13.2 Å². The number of halogens is 3. The van der Waals surface area contributed by atoms with Crippen LogP contribution in [-0.4, -0.2) is 52.7 Å². The van der Waals surface area contributed by atoms with E-state index in [1.54, 1.807) is 12.1 Å². The third-order valence-corrected chi connectivity index (χ3v) is 6.24. The fraction of sp³-hybridized carbons (Fsp3) is 0.476. The number of piperidine rings is 3. The van der Waals surface area contributed by atoms with Crippen molar-refractivity contribution in [2.24, 2.45) is 17.8 Å². The summed E-state index contributed by atoms with van der Waals surface area (Å²) in [5.74, 6) is -1.59. The van der Waals surface area contributed by atoms with Crippen LogP contribution in [0.15, 0.2) is 42.5 Å². The van der Waals surface area contributed by atoms with Gasteiger partial charge in [-0.1, -0.05) is 30.3 Å². The van der Waals surface area contributed by atoms with E-state index in [0.717, 1.165) is 12.0 Å². The second-order valence-corrected chi connectivity index (χ2v) is 8.21. The zero-order chi connectivity index (χ0) is 20.9. The van der Waals surface area contributed by atoms with Gasteiger partial charge in [0.25, 0.3) is 0 Å². The molecular formula is C21H20F3N3O3. The number of hydrogen-bond acceptors (Lipinski definition) is 6. The fourth-order valence-electron chi connectivity index (χ4n) is 5.13. The average Bonchev–Trinajstić information content (AvgIpc) is 2.73. The average molecular weight is 419 g/mol. The van der Waals surface area contributed by atoms with Gasteiger partial charge in [-0.15, -0.1) is 10.2 Å². The van der Waals surface area contributed by atoms with Crippen LogP contribution in [0.3, 0.4) is 0 Å². The predicted molar refractivity (Wildman–Crippen MR) is 99.1 cm³/mol. The molecule has 0 amide bonds. The minimum Gasteiger partial charge on any atom is -0.472 e. The Hall–Kier alpha value is -2.68. The number of benzene rings is 1. The van der Waals surface area contributed by atoms with Gasteiger partial charge in [0.05, 0.1) is 5.69 Å². The van der Waals surface area contributed by atoms with Gasteiger partial charge in [-0.3, -0.25) is 4.90 Å². The standard InChI is InChI=1S/C21H20F3N3O3/c22-21(23,24)20(28)30-19-15-9-12-8-14(11-27(19)10-12)18(15)29-17-7-6-16(25-26-17)13-4-2-1-3-5-13/h1-7,12,14-15,18-19H,8-11H2/t12?,14-,15-,18?,19?/m0/s1. The van der Waals surface area contributed by atoms with Gasteiger partial charge in [0, 0.05) is 36.6 Å². The van der Waals surface area contributed by atoms with Crippen LogP contribution in [-0.2, 0) is 9.53 Å². The van der Waals surface area contributed by atoms with Crippen LogP contribution < -0.4 is 4.74 Å². The van der Waals surface area contributed by atoms with E-state index in [-0.39, 0.29) is 17.9 Å². The number of hydrogen-bond donors (Lipinski definition) is 0. The Morgan fingerprint density at radius 2 is 1.83 bits per heavy atom. The van der Waals surface area contributed by atoms with Crippen molar-refractivity contribution < 1.29 is 27.4 Å². The molecule has 158 valence electrons. The van der Waals surface area contributed by atoms with Crippen molar-refractivity contribution in [3.63, 3.8) is 0 Å². The molecule has 9 heteroatoms. The van der Waals surface area contributed by atoms with Gasteiger partial charge in [0.15, 0.2) is 6.23 Å². The van der Waals surface area contributed by atoms with Gasteiger partial charge in [0.2, 0.25) is 5.88 Å². The highest BCUT2D eigenvalue weighted by atomic mass is 19.4. The molecule has 6 atom stereocenters. The highest BCUT2D eigenvalue weighted by Crippen LogP contribution is 2.48. The summed E-state index contributed by atoms with van der Waals surface area (Å²) in [6, 6.07) is 13.1. The molecule has 3 aliphatic heterocycles. The molecule has 4 unspecified atom stereocenters. The molecule has 0 radical (unpaired) electrons. The summed E-state index contributed by atoms with van der Waals surface area (Å²) in [4.78, 5) is 13.3. The highest BCUT2D eigenvalue weighted by molar-refractivity contribution is 5.75. The van der Waals surface area contributed by atoms with E-state index in [9.17, 15) is 18.0 Å². The molecular weight excluding hydrogens is 399 g/mol. The largest absolute Gasteiger partial charge is 0.490 e. The van der Waals surface area contributed by atoms with Crippen molar-refractivity contribution in [1.29, 1.82) is 0 Å². The normalized spacial score (nSPS) is 32.1. The van der Waals surface area contributed by atoms with E-state index in [2.05, 4.69) is 10.2 Å². The van der Waals surface area contributed by atoms with Crippen LogP contribution in [0, 0.1) is 17.8 Å². The third-order valence-electron chi connectivity index (χ3n) is 6.24. The SMILES string of the molecule is O=C(OC1[C@H]2CC3C[C@@H](CN1C3)C2Oc1ccc(-c2ccccc2)nn1)C(F)(F)F. The summed E-state index contributed by atoms with van der Waals surface area (Å²) >= 11 is 0. The lowest BCUT2D eigenvalue weighted by atomic mass is 9.65. The number of carbonyl (C=O) groups is 1. The molecule has 1 aliphatic carbocycles. The van der Waals surface area contributed by atoms with Crippen molar-refractivity contribution in [2.45, 2.75) is 31.3 Å². The molecule has 0 spiro atoms. The Morgan fingerprint density at radius 3 is 2.53 bits per heavy atom. The molecule has 3 saturated heterocycles. The van der Waals surface area contributed by atoms with Crippen molar-refractivity contribution >= 4 is 5.97 Å². The maximum absolute atomic E-state index is 12.7. The van der Waals surface area contributed by atoms with Gasteiger partial charge in [-0.25, -0.2) is 4.79 Å². The fourth-order valence-corrected chi connectivity index (χ4v) is 5.13. The number of nitrogens with zero attached hydrogens (tertiary/aromatic N) is 3. The first-order valence-electron chi connectivity index (χ1n) is 9.96. The summed E-state index contributed by atoms with van der Waals surface area (Å²) in [7, 11) is 0. The summed E-state index contributed by atoms with van der Waals surface area (Å²) in [6.07, 6.45) is -4.67. The smallest absolute Gasteiger partial charge is 0.472 e.